The quantitative estimate of drug-likeness (QED) is 0.395. The Hall–Kier alpha value is -3.88. The van der Waals surface area contributed by atoms with Gasteiger partial charge in [0.05, 0.1) is 25.8 Å². The van der Waals surface area contributed by atoms with Gasteiger partial charge in [0.25, 0.3) is 0 Å². The predicted octanol–water partition coefficient (Wildman–Crippen LogP) is 3.89. The Bertz CT molecular complexity index is 1160. The molecule has 1 heterocycles. The lowest BCUT2D eigenvalue weighted by molar-refractivity contribution is -0.115. The maximum absolute atomic E-state index is 13.5. The molecule has 0 fully saturated rings. The number of esters is 1. The molecule has 0 saturated carbocycles. The molecule has 1 aromatic heterocycles. The van der Waals surface area contributed by atoms with Crippen molar-refractivity contribution in [2.45, 2.75) is 33.1 Å². The Morgan fingerprint density at radius 1 is 1.18 bits per heavy atom. The predicted molar refractivity (Wildman–Crippen MR) is 123 cm³/mol. The summed E-state index contributed by atoms with van der Waals surface area (Å²) >= 11 is 0. The Labute approximate surface area is 191 Å². The summed E-state index contributed by atoms with van der Waals surface area (Å²) in [6, 6.07) is 11.0. The number of anilines is 1. The summed E-state index contributed by atoms with van der Waals surface area (Å²) in [6.07, 6.45) is 0.0628. The minimum Gasteiger partial charge on any atom is -0.495 e. The number of imidazole rings is 1. The molecular formula is C24H27FN4O4. The Balaban J connectivity index is 1.82. The van der Waals surface area contributed by atoms with Crippen LogP contribution in [0.5, 0.6) is 5.75 Å². The van der Waals surface area contributed by atoms with Gasteiger partial charge in [-0.15, -0.1) is 0 Å². The lowest BCUT2D eigenvalue weighted by Gasteiger charge is -2.10. The number of hydrogen-bond donors (Lipinski definition) is 2. The van der Waals surface area contributed by atoms with E-state index in [1.165, 1.54) is 30.0 Å². The van der Waals surface area contributed by atoms with E-state index >= 15 is 0 Å². The number of nitrogens with zero attached hydrogens (tertiary/aromatic N) is 2. The molecule has 33 heavy (non-hydrogen) atoms. The molecule has 9 heteroatoms. The highest BCUT2D eigenvalue weighted by Gasteiger charge is 2.25. The molecule has 3 aromatic rings. The maximum Gasteiger partial charge on any atom is 0.359 e. The van der Waals surface area contributed by atoms with Crippen LogP contribution in [0.1, 0.15) is 48.6 Å². The first-order chi connectivity index (χ1) is 15.7. The van der Waals surface area contributed by atoms with Crippen molar-refractivity contribution in [2.24, 2.45) is 0 Å². The first kappa shape index (κ1) is 23.8. The third kappa shape index (κ3) is 5.31. The van der Waals surface area contributed by atoms with Gasteiger partial charge in [0, 0.05) is 17.5 Å². The molecule has 0 aliphatic heterocycles. The molecule has 3 N–H and O–H groups in total. The third-order valence-electron chi connectivity index (χ3n) is 4.95. The number of nitrogen functional groups attached to an aromatic ring is 1. The Morgan fingerprint density at radius 3 is 2.48 bits per heavy atom. The van der Waals surface area contributed by atoms with Crippen molar-refractivity contribution in [1.29, 1.82) is 0 Å². The average molecular weight is 455 g/mol. The van der Waals surface area contributed by atoms with Crippen LogP contribution in [0.2, 0.25) is 0 Å². The SMILES string of the molecule is CCOC(=O)c1c(-c2ccc(CC(=O)Nc3cc(F)ccc3OC)cc2)nc(C(C)C)n1N. The molecule has 0 bridgehead atoms. The smallest absolute Gasteiger partial charge is 0.359 e. The van der Waals surface area contributed by atoms with E-state index in [4.69, 9.17) is 15.3 Å². The number of nitrogens with one attached hydrogen (secondary N) is 1. The molecule has 8 nitrogen and oxygen atoms in total. The zero-order valence-corrected chi connectivity index (χ0v) is 19.0. The van der Waals surface area contributed by atoms with Crippen LogP contribution in [0.3, 0.4) is 0 Å². The second kappa shape index (κ2) is 10.2. The van der Waals surface area contributed by atoms with Gasteiger partial charge < -0.3 is 20.6 Å². The third-order valence-corrected chi connectivity index (χ3v) is 4.95. The molecule has 0 unspecified atom stereocenters. The number of methoxy groups -OCH3 is 1. The van der Waals surface area contributed by atoms with Gasteiger partial charge in [-0.05, 0) is 24.6 Å². The molecular weight excluding hydrogens is 427 g/mol. The molecule has 0 aliphatic rings. The molecule has 174 valence electrons. The maximum atomic E-state index is 13.5. The summed E-state index contributed by atoms with van der Waals surface area (Å²) < 4.78 is 25.1. The van der Waals surface area contributed by atoms with E-state index in [1.54, 1.807) is 31.2 Å². The van der Waals surface area contributed by atoms with Crippen LogP contribution in [-0.2, 0) is 16.0 Å². The van der Waals surface area contributed by atoms with Crippen LogP contribution < -0.4 is 15.9 Å². The molecule has 0 atom stereocenters. The van der Waals surface area contributed by atoms with Gasteiger partial charge in [0.15, 0.2) is 5.69 Å². The highest BCUT2D eigenvalue weighted by molar-refractivity contribution is 5.95. The second-order valence-corrected chi connectivity index (χ2v) is 7.68. The average Bonchev–Trinajstić information content (AvgIpc) is 3.12. The fraction of sp³-hybridized carbons (Fsp3) is 0.292. The molecule has 2 aromatic carbocycles. The number of rotatable bonds is 8. The van der Waals surface area contributed by atoms with Gasteiger partial charge >= 0.3 is 5.97 Å². The van der Waals surface area contributed by atoms with Crippen molar-refractivity contribution in [2.75, 3.05) is 24.9 Å². The fourth-order valence-corrected chi connectivity index (χ4v) is 3.39. The van der Waals surface area contributed by atoms with E-state index in [9.17, 15) is 14.0 Å². The van der Waals surface area contributed by atoms with Crippen molar-refractivity contribution in [3.05, 3.63) is 65.4 Å². The van der Waals surface area contributed by atoms with Crippen molar-refractivity contribution in [3.63, 3.8) is 0 Å². The van der Waals surface area contributed by atoms with Crippen molar-refractivity contribution in [3.8, 4) is 17.0 Å². The first-order valence-electron chi connectivity index (χ1n) is 10.5. The number of hydrogen-bond acceptors (Lipinski definition) is 6. The Morgan fingerprint density at radius 2 is 1.88 bits per heavy atom. The van der Waals surface area contributed by atoms with E-state index in [1.807, 2.05) is 13.8 Å². The monoisotopic (exact) mass is 454 g/mol. The molecule has 0 saturated heterocycles. The van der Waals surface area contributed by atoms with Crippen LogP contribution in [-0.4, -0.2) is 35.3 Å². The van der Waals surface area contributed by atoms with E-state index in [0.717, 1.165) is 5.56 Å². The lowest BCUT2D eigenvalue weighted by Crippen LogP contribution is -2.21. The van der Waals surface area contributed by atoms with Gasteiger partial charge in [0.2, 0.25) is 5.91 Å². The van der Waals surface area contributed by atoms with Crippen LogP contribution in [0.25, 0.3) is 11.3 Å². The normalized spacial score (nSPS) is 10.8. The Kier molecular flexibility index (Phi) is 7.32. The van der Waals surface area contributed by atoms with Crippen LogP contribution in [0.15, 0.2) is 42.5 Å². The number of amides is 1. The van der Waals surface area contributed by atoms with Crippen LogP contribution in [0.4, 0.5) is 10.1 Å². The molecule has 1 amide bonds. The van der Waals surface area contributed by atoms with E-state index < -0.39 is 11.8 Å². The minimum absolute atomic E-state index is 0.000268. The van der Waals surface area contributed by atoms with Crippen molar-refractivity contribution in [1.82, 2.24) is 9.66 Å². The van der Waals surface area contributed by atoms with Crippen molar-refractivity contribution >= 4 is 17.6 Å². The fourth-order valence-electron chi connectivity index (χ4n) is 3.39. The highest BCUT2D eigenvalue weighted by atomic mass is 19.1. The lowest BCUT2D eigenvalue weighted by atomic mass is 10.1. The zero-order chi connectivity index (χ0) is 24.1. The molecule has 3 rings (SSSR count). The number of carbonyl (C=O) groups is 2. The summed E-state index contributed by atoms with van der Waals surface area (Å²) in [5, 5.41) is 2.66. The van der Waals surface area contributed by atoms with Gasteiger partial charge in [-0.2, -0.15) is 0 Å². The molecule has 0 aliphatic carbocycles. The van der Waals surface area contributed by atoms with Gasteiger partial charge in [0.1, 0.15) is 23.1 Å². The first-order valence-corrected chi connectivity index (χ1v) is 10.5. The van der Waals surface area contributed by atoms with Gasteiger partial charge in [-0.3, -0.25) is 4.79 Å². The zero-order valence-electron chi connectivity index (χ0n) is 19.0. The number of carbonyl (C=O) groups excluding carboxylic acids is 2. The number of aromatic nitrogens is 2. The number of ether oxygens (including phenoxy) is 2. The highest BCUT2D eigenvalue weighted by Crippen LogP contribution is 2.28. The summed E-state index contributed by atoms with van der Waals surface area (Å²) in [4.78, 5) is 29.5. The summed E-state index contributed by atoms with van der Waals surface area (Å²) in [6.45, 7) is 5.79. The number of benzene rings is 2. The van der Waals surface area contributed by atoms with E-state index in [2.05, 4.69) is 10.3 Å². The van der Waals surface area contributed by atoms with E-state index in [0.29, 0.717) is 22.8 Å². The summed E-state index contributed by atoms with van der Waals surface area (Å²) in [7, 11) is 1.44. The topological polar surface area (TPSA) is 108 Å². The largest absolute Gasteiger partial charge is 0.495 e. The minimum atomic E-state index is -0.554. The number of nitrogens with two attached hydrogens (primary N) is 1. The van der Waals surface area contributed by atoms with Crippen LogP contribution in [0, 0.1) is 5.82 Å². The van der Waals surface area contributed by atoms with Gasteiger partial charge in [-0.25, -0.2) is 18.8 Å². The summed E-state index contributed by atoms with van der Waals surface area (Å²) in [5.41, 5.74) is 2.23. The number of halogens is 1. The summed E-state index contributed by atoms with van der Waals surface area (Å²) in [5.74, 6) is 5.70. The molecule has 0 spiro atoms. The second-order valence-electron chi connectivity index (χ2n) is 7.68. The van der Waals surface area contributed by atoms with E-state index in [-0.39, 0.29) is 36.2 Å². The van der Waals surface area contributed by atoms with Crippen LogP contribution >= 0.6 is 0 Å². The molecule has 0 radical (unpaired) electrons. The standard InChI is InChI=1S/C24H27FN4O4/c1-5-33-24(31)22-21(28-23(14(2)3)29(22)26)16-8-6-15(7-9-16)12-20(30)27-18-13-17(25)10-11-19(18)32-4/h6-11,13-14H,5,12,26H2,1-4H3,(H,27,30). The van der Waals surface area contributed by atoms with Gasteiger partial charge in [-0.1, -0.05) is 38.1 Å². The van der Waals surface area contributed by atoms with Crippen molar-refractivity contribution < 1.29 is 23.5 Å².